The number of halogens is 6. The number of Topliss-reactive ketones (excluding diaryl/α,β-unsaturated/α-hetero) is 1. The highest BCUT2D eigenvalue weighted by Crippen LogP contribution is 2.37. The van der Waals surface area contributed by atoms with E-state index in [0.29, 0.717) is 21.1 Å². The molecule has 3 aromatic rings. The highest BCUT2D eigenvalue weighted by molar-refractivity contribution is 7.89. The van der Waals surface area contributed by atoms with E-state index < -0.39 is 63.6 Å². The third-order valence-corrected chi connectivity index (χ3v) is 7.76. The molecule has 1 aliphatic rings. The molecule has 1 fully saturated rings. The number of hydrogen-bond donors (Lipinski definition) is 0. The topological polar surface area (TPSA) is 76.6 Å². The lowest BCUT2D eigenvalue weighted by Crippen LogP contribution is -2.40. The van der Waals surface area contributed by atoms with Crippen LogP contribution in [0, 0.1) is 5.82 Å². The van der Waals surface area contributed by atoms with Gasteiger partial charge in [0, 0.05) is 24.6 Å². The number of hydrogen-bond acceptors (Lipinski definition) is 5. The Bertz CT molecular complexity index is 1410. The van der Waals surface area contributed by atoms with Gasteiger partial charge in [0.15, 0.2) is 5.78 Å². The Hall–Kier alpha value is -3.45. The zero-order chi connectivity index (χ0) is 27.7. The highest BCUT2D eigenvalue weighted by Gasteiger charge is 2.52. The maximum absolute atomic E-state index is 14.2. The number of ketones is 1. The number of aromatic nitrogens is 1. The molecular formula is C25H20F6N2O4S. The lowest BCUT2D eigenvalue weighted by Gasteiger charge is -2.22. The molecule has 38 heavy (non-hydrogen) atoms. The molecule has 6 nitrogen and oxygen atoms in total. The van der Waals surface area contributed by atoms with Gasteiger partial charge in [-0.3, -0.25) is 9.78 Å². The van der Waals surface area contributed by atoms with Gasteiger partial charge in [0.2, 0.25) is 10.0 Å². The van der Waals surface area contributed by atoms with E-state index in [-0.39, 0.29) is 12.8 Å². The van der Waals surface area contributed by atoms with Gasteiger partial charge in [0.1, 0.15) is 11.6 Å². The van der Waals surface area contributed by atoms with E-state index in [2.05, 4.69) is 9.72 Å². The molecule has 0 unspecified atom stereocenters. The minimum Gasteiger partial charge on any atom is -0.406 e. The summed E-state index contributed by atoms with van der Waals surface area (Å²) in [5.74, 6) is -5.23. The molecule has 1 aromatic heterocycles. The molecule has 4 rings (SSSR count). The second-order valence-corrected chi connectivity index (χ2v) is 10.6. The molecule has 1 saturated heterocycles. The minimum atomic E-state index is -4.83. The summed E-state index contributed by atoms with van der Waals surface area (Å²) in [7, 11) is -4.49. The summed E-state index contributed by atoms with van der Waals surface area (Å²) < 4.78 is 109. The van der Waals surface area contributed by atoms with Crippen molar-refractivity contribution >= 4 is 15.8 Å². The quantitative estimate of drug-likeness (QED) is 0.347. The molecule has 0 aliphatic carbocycles. The second-order valence-electron chi connectivity index (χ2n) is 8.67. The van der Waals surface area contributed by atoms with Crippen LogP contribution in [0.1, 0.15) is 18.4 Å². The Morgan fingerprint density at radius 3 is 2.34 bits per heavy atom. The Balaban J connectivity index is 1.47. The van der Waals surface area contributed by atoms with Crippen LogP contribution in [0.4, 0.5) is 26.3 Å². The van der Waals surface area contributed by atoms with Crippen molar-refractivity contribution in [2.24, 2.45) is 0 Å². The summed E-state index contributed by atoms with van der Waals surface area (Å²) in [6.45, 7) is -1.17. The number of pyridine rings is 1. The number of benzene rings is 2. The van der Waals surface area contributed by atoms with Gasteiger partial charge in [-0.25, -0.2) is 21.6 Å². The first-order valence-electron chi connectivity index (χ1n) is 11.2. The third kappa shape index (κ3) is 6.51. The molecule has 1 atom stereocenters. The molecule has 0 spiro atoms. The lowest BCUT2D eigenvalue weighted by atomic mass is 10.0. The van der Waals surface area contributed by atoms with E-state index in [4.69, 9.17) is 0 Å². The van der Waals surface area contributed by atoms with Crippen LogP contribution in [0.5, 0.6) is 5.75 Å². The maximum Gasteiger partial charge on any atom is 0.573 e. The SMILES string of the molecule is O=C(CCc1ccnc(-c2ccc(OC(F)(F)F)cc2)c1)[C@@H]1CC(F)(F)CN1S(=O)(=O)c1ccc(F)cc1. The smallest absolute Gasteiger partial charge is 0.406 e. The van der Waals surface area contributed by atoms with Crippen molar-refractivity contribution in [1.82, 2.24) is 9.29 Å². The van der Waals surface area contributed by atoms with Crippen LogP contribution < -0.4 is 4.74 Å². The van der Waals surface area contributed by atoms with Crippen LogP contribution in [0.3, 0.4) is 0 Å². The van der Waals surface area contributed by atoms with Crippen molar-refractivity contribution in [3.05, 3.63) is 78.2 Å². The standard InChI is InChI=1S/C25H20F6N2O4S/c26-18-4-8-20(9-5-18)38(35,36)33-15-24(27,28)14-22(33)23(34)10-1-16-11-12-32-21(13-16)17-2-6-19(7-3-17)37-25(29,30)31/h2-9,11-13,22H,1,10,14-15H2/t22-/m0/s1. The van der Waals surface area contributed by atoms with E-state index in [1.54, 1.807) is 12.1 Å². The number of rotatable bonds is 8. The molecule has 1 aliphatic heterocycles. The van der Waals surface area contributed by atoms with Crippen LogP contribution >= 0.6 is 0 Å². The van der Waals surface area contributed by atoms with Gasteiger partial charge in [-0.05, 0) is 72.6 Å². The number of aryl methyl sites for hydroxylation is 1. The molecule has 202 valence electrons. The predicted molar refractivity (Wildman–Crippen MR) is 123 cm³/mol. The minimum absolute atomic E-state index is 0.0795. The normalized spacial score (nSPS) is 17.9. The maximum atomic E-state index is 14.2. The van der Waals surface area contributed by atoms with Gasteiger partial charge in [0.25, 0.3) is 5.92 Å². The fourth-order valence-corrected chi connectivity index (χ4v) is 5.74. The van der Waals surface area contributed by atoms with E-state index in [9.17, 15) is 39.6 Å². The first-order chi connectivity index (χ1) is 17.7. The zero-order valence-electron chi connectivity index (χ0n) is 19.5. The van der Waals surface area contributed by atoms with Crippen LogP contribution in [-0.2, 0) is 21.2 Å². The number of nitrogens with zero attached hydrogens (tertiary/aromatic N) is 2. The number of sulfonamides is 1. The van der Waals surface area contributed by atoms with Crippen molar-refractivity contribution in [3.63, 3.8) is 0 Å². The van der Waals surface area contributed by atoms with Crippen molar-refractivity contribution < 1.29 is 44.3 Å². The molecule has 0 amide bonds. The van der Waals surface area contributed by atoms with Gasteiger partial charge < -0.3 is 4.74 Å². The number of carbonyl (C=O) groups excluding carboxylic acids is 1. The number of carbonyl (C=O) groups is 1. The Morgan fingerprint density at radius 1 is 1.05 bits per heavy atom. The first kappa shape index (κ1) is 27.6. The van der Waals surface area contributed by atoms with Crippen LogP contribution in [0.2, 0.25) is 0 Å². The summed E-state index contributed by atoms with van der Waals surface area (Å²) in [6.07, 6.45) is -4.55. The molecular weight excluding hydrogens is 538 g/mol. The van der Waals surface area contributed by atoms with Gasteiger partial charge in [0.05, 0.1) is 23.2 Å². The van der Waals surface area contributed by atoms with Crippen molar-refractivity contribution in [2.45, 2.75) is 42.5 Å². The van der Waals surface area contributed by atoms with Gasteiger partial charge in [-0.15, -0.1) is 13.2 Å². The molecule has 2 heterocycles. The Morgan fingerprint density at radius 2 is 1.71 bits per heavy atom. The van der Waals surface area contributed by atoms with E-state index >= 15 is 0 Å². The molecule has 0 saturated carbocycles. The lowest BCUT2D eigenvalue weighted by molar-refractivity contribution is -0.274. The first-order valence-corrected chi connectivity index (χ1v) is 12.7. The largest absolute Gasteiger partial charge is 0.573 e. The van der Waals surface area contributed by atoms with E-state index in [1.807, 2.05) is 0 Å². The molecule has 2 aromatic carbocycles. The van der Waals surface area contributed by atoms with Gasteiger partial charge in [-0.1, -0.05) is 0 Å². The van der Waals surface area contributed by atoms with E-state index in [0.717, 1.165) is 36.4 Å². The third-order valence-electron chi connectivity index (χ3n) is 5.89. The number of alkyl halides is 5. The summed E-state index contributed by atoms with van der Waals surface area (Å²) >= 11 is 0. The monoisotopic (exact) mass is 558 g/mol. The van der Waals surface area contributed by atoms with Gasteiger partial charge in [-0.2, -0.15) is 4.31 Å². The summed E-state index contributed by atoms with van der Waals surface area (Å²) in [5, 5.41) is 0. The summed E-state index contributed by atoms with van der Waals surface area (Å²) in [4.78, 5) is 16.7. The fourth-order valence-electron chi connectivity index (χ4n) is 4.11. The Labute approximate surface area is 213 Å². The summed E-state index contributed by atoms with van der Waals surface area (Å²) in [5.41, 5.74) is 1.44. The molecule has 13 heteroatoms. The fraction of sp³-hybridized carbons (Fsp3) is 0.280. The van der Waals surface area contributed by atoms with Crippen molar-refractivity contribution in [3.8, 4) is 17.0 Å². The molecule has 0 radical (unpaired) electrons. The van der Waals surface area contributed by atoms with Crippen LogP contribution in [0.25, 0.3) is 11.3 Å². The average Bonchev–Trinajstić information content (AvgIpc) is 3.19. The Kier molecular flexibility index (Phi) is 7.53. The average molecular weight is 559 g/mol. The second kappa shape index (κ2) is 10.4. The zero-order valence-corrected chi connectivity index (χ0v) is 20.3. The number of ether oxygens (including phenoxy) is 1. The van der Waals surface area contributed by atoms with E-state index in [1.165, 1.54) is 18.3 Å². The van der Waals surface area contributed by atoms with Crippen molar-refractivity contribution in [1.29, 1.82) is 0 Å². The van der Waals surface area contributed by atoms with Crippen molar-refractivity contribution in [2.75, 3.05) is 6.54 Å². The van der Waals surface area contributed by atoms with Crippen LogP contribution in [-0.4, -0.2) is 48.4 Å². The molecule has 0 bridgehead atoms. The molecule has 0 N–H and O–H groups in total. The van der Waals surface area contributed by atoms with Crippen LogP contribution in [0.15, 0.2) is 71.8 Å². The highest BCUT2D eigenvalue weighted by atomic mass is 32.2. The predicted octanol–water partition coefficient (Wildman–Crippen LogP) is 5.39. The summed E-state index contributed by atoms with van der Waals surface area (Å²) in [6, 6.07) is 10.2. The van der Waals surface area contributed by atoms with Gasteiger partial charge >= 0.3 is 6.36 Å².